The molecule has 0 aliphatic heterocycles. The molecule has 0 aliphatic rings. The molecule has 1 rings (SSSR count). The SMILES string of the molecule is CCC(NC)C(C)Cc1cncs1. The van der Waals surface area contributed by atoms with Crippen molar-refractivity contribution < 1.29 is 0 Å². The molecule has 1 aromatic rings. The molecule has 0 aromatic carbocycles. The van der Waals surface area contributed by atoms with E-state index in [4.69, 9.17) is 0 Å². The van der Waals surface area contributed by atoms with E-state index in [0.29, 0.717) is 12.0 Å². The van der Waals surface area contributed by atoms with Gasteiger partial charge in [0, 0.05) is 17.1 Å². The summed E-state index contributed by atoms with van der Waals surface area (Å²) in [5.41, 5.74) is 1.91. The molecule has 0 aliphatic carbocycles. The molecule has 0 spiro atoms. The van der Waals surface area contributed by atoms with Gasteiger partial charge in [0.2, 0.25) is 0 Å². The van der Waals surface area contributed by atoms with Crippen LogP contribution in [-0.4, -0.2) is 18.1 Å². The van der Waals surface area contributed by atoms with Crippen LogP contribution in [0.25, 0.3) is 0 Å². The summed E-state index contributed by atoms with van der Waals surface area (Å²) in [6.45, 7) is 4.52. The van der Waals surface area contributed by atoms with E-state index in [0.717, 1.165) is 6.42 Å². The van der Waals surface area contributed by atoms with Gasteiger partial charge in [0.1, 0.15) is 0 Å². The van der Waals surface area contributed by atoms with Crippen LogP contribution in [0.2, 0.25) is 0 Å². The van der Waals surface area contributed by atoms with Crippen molar-refractivity contribution in [3.05, 3.63) is 16.6 Å². The predicted molar refractivity (Wildman–Crippen MR) is 58.1 cm³/mol. The third kappa shape index (κ3) is 3.08. The van der Waals surface area contributed by atoms with Crippen molar-refractivity contribution in [3.8, 4) is 0 Å². The zero-order valence-corrected chi connectivity index (χ0v) is 9.40. The Hall–Kier alpha value is -0.410. The van der Waals surface area contributed by atoms with Crippen LogP contribution in [0.5, 0.6) is 0 Å². The van der Waals surface area contributed by atoms with Gasteiger partial charge in [-0.15, -0.1) is 11.3 Å². The fraction of sp³-hybridized carbons (Fsp3) is 0.700. The maximum Gasteiger partial charge on any atom is 0.0794 e. The van der Waals surface area contributed by atoms with Crippen molar-refractivity contribution in [2.75, 3.05) is 7.05 Å². The molecule has 0 fully saturated rings. The van der Waals surface area contributed by atoms with E-state index < -0.39 is 0 Å². The molecule has 0 saturated heterocycles. The molecule has 2 atom stereocenters. The topological polar surface area (TPSA) is 24.9 Å². The number of rotatable bonds is 5. The lowest BCUT2D eigenvalue weighted by Gasteiger charge is -2.21. The second-order valence-electron chi connectivity index (χ2n) is 3.45. The maximum absolute atomic E-state index is 4.08. The molecule has 0 bridgehead atoms. The molecule has 3 heteroatoms. The number of nitrogens with zero attached hydrogens (tertiary/aromatic N) is 1. The van der Waals surface area contributed by atoms with Gasteiger partial charge in [-0.2, -0.15) is 0 Å². The van der Waals surface area contributed by atoms with E-state index in [2.05, 4.69) is 24.1 Å². The van der Waals surface area contributed by atoms with Gasteiger partial charge in [0.25, 0.3) is 0 Å². The third-order valence-corrected chi connectivity index (χ3v) is 3.31. The highest BCUT2D eigenvalue weighted by Gasteiger charge is 2.13. The Labute approximate surface area is 84.4 Å². The van der Waals surface area contributed by atoms with Crippen LogP contribution in [0.1, 0.15) is 25.1 Å². The predicted octanol–water partition coefficient (Wildman–Crippen LogP) is 2.32. The molecule has 1 heterocycles. The monoisotopic (exact) mass is 198 g/mol. The van der Waals surface area contributed by atoms with Gasteiger partial charge in [0.15, 0.2) is 0 Å². The molecule has 2 unspecified atom stereocenters. The zero-order chi connectivity index (χ0) is 9.68. The second kappa shape index (κ2) is 5.35. The third-order valence-electron chi connectivity index (χ3n) is 2.50. The number of hydrogen-bond acceptors (Lipinski definition) is 3. The molecule has 0 amide bonds. The van der Waals surface area contributed by atoms with E-state index >= 15 is 0 Å². The Balaban J connectivity index is 2.44. The summed E-state index contributed by atoms with van der Waals surface area (Å²) in [5.74, 6) is 0.690. The summed E-state index contributed by atoms with van der Waals surface area (Å²) >= 11 is 1.75. The summed E-state index contributed by atoms with van der Waals surface area (Å²) in [7, 11) is 2.04. The minimum atomic E-state index is 0.627. The Morgan fingerprint density at radius 1 is 1.62 bits per heavy atom. The van der Waals surface area contributed by atoms with Crippen LogP contribution in [0.4, 0.5) is 0 Å². The van der Waals surface area contributed by atoms with Crippen LogP contribution in [-0.2, 0) is 6.42 Å². The van der Waals surface area contributed by atoms with Gasteiger partial charge in [-0.1, -0.05) is 13.8 Å². The van der Waals surface area contributed by atoms with Crippen molar-refractivity contribution >= 4 is 11.3 Å². The fourth-order valence-corrected chi connectivity index (χ4v) is 2.43. The minimum absolute atomic E-state index is 0.627. The number of hydrogen-bond donors (Lipinski definition) is 1. The van der Waals surface area contributed by atoms with Crippen molar-refractivity contribution in [2.45, 2.75) is 32.7 Å². The Bertz CT molecular complexity index is 217. The summed E-state index contributed by atoms with van der Waals surface area (Å²) < 4.78 is 0. The molecule has 1 aromatic heterocycles. The first-order chi connectivity index (χ1) is 6.27. The molecule has 13 heavy (non-hydrogen) atoms. The molecule has 1 N–H and O–H groups in total. The Kier molecular flexibility index (Phi) is 4.39. The van der Waals surface area contributed by atoms with Gasteiger partial charge in [-0.25, -0.2) is 0 Å². The molecular weight excluding hydrogens is 180 g/mol. The highest BCUT2D eigenvalue weighted by Crippen LogP contribution is 2.16. The fourth-order valence-electron chi connectivity index (χ4n) is 1.69. The highest BCUT2D eigenvalue weighted by molar-refractivity contribution is 7.09. The standard InChI is InChI=1S/C10H18N2S/c1-4-10(11-3)8(2)5-9-6-12-7-13-9/h6-8,10-11H,4-5H2,1-3H3. The number of thiazole rings is 1. The van der Waals surface area contributed by atoms with Gasteiger partial charge in [-0.3, -0.25) is 4.98 Å². The average molecular weight is 198 g/mol. The zero-order valence-electron chi connectivity index (χ0n) is 8.58. The first-order valence-electron chi connectivity index (χ1n) is 4.82. The van der Waals surface area contributed by atoms with E-state index in [-0.39, 0.29) is 0 Å². The summed E-state index contributed by atoms with van der Waals surface area (Å²) in [6.07, 6.45) is 4.31. The van der Waals surface area contributed by atoms with Crippen LogP contribution in [0.15, 0.2) is 11.7 Å². The van der Waals surface area contributed by atoms with Gasteiger partial charge >= 0.3 is 0 Å². The normalized spacial score (nSPS) is 15.6. The Morgan fingerprint density at radius 3 is 2.85 bits per heavy atom. The lowest BCUT2D eigenvalue weighted by atomic mass is 9.96. The molecule has 0 radical (unpaired) electrons. The first kappa shape index (κ1) is 10.7. The van der Waals surface area contributed by atoms with Crippen LogP contribution in [0, 0.1) is 5.92 Å². The number of nitrogens with one attached hydrogen (secondary N) is 1. The van der Waals surface area contributed by atoms with E-state index in [1.165, 1.54) is 11.3 Å². The quantitative estimate of drug-likeness (QED) is 0.785. The summed E-state index contributed by atoms with van der Waals surface area (Å²) in [5, 5.41) is 3.35. The summed E-state index contributed by atoms with van der Waals surface area (Å²) in [6, 6.07) is 0.627. The average Bonchev–Trinajstić information content (AvgIpc) is 2.59. The highest BCUT2D eigenvalue weighted by atomic mass is 32.1. The summed E-state index contributed by atoms with van der Waals surface area (Å²) in [4.78, 5) is 5.47. The lowest BCUT2D eigenvalue weighted by Crippen LogP contribution is -2.32. The van der Waals surface area contributed by atoms with Crippen molar-refractivity contribution in [2.24, 2.45) is 5.92 Å². The van der Waals surface area contributed by atoms with Crippen molar-refractivity contribution in [1.29, 1.82) is 0 Å². The van der Waals surface area contributed by atoms with Crippen molar-refractivity contribution in [3.63, 3.8) is 0 Å². The van der Waals surface area contributed by atoms with Gasteiger partial charge in [-0.05, 0) is 25.8 Å². The van der Waals surface area contributed by atoms with Gasteiger partial charge in [0.05, 0.1) is 5.51 Å². The van der Waals surface area contributed by atoms with Gasteiger partial charge < -0.3 is 5.32 Å². The molecule has 0 saturated carbocycles. The smallest absolute Gasteiger partial charge is 0.0794 e. The minimum Gasteiger partial charge on any atom is -0.317 e. The van der Waals surface area contributed by atoms with Crippen molar-refractivity contribution in [1.82, 2.24) is 10.3 Å². The largest absolute Gasteiger partial charge is 0.317 e. The van der Waals surface area contributed by atoms with Crippen LogP contribution in [0.3, 0.4) is 0 Å². The van der Waals surface area contributed by atoms with E-state index in [1.807, 2.05) is 18.8 Å². The molecule has 2 nitrogen and oxygen atoms in total. The molecule has 74 valence electrons. The van der Waals surface area contributed by atoms with E-state index in [1.54, 1.807) is 11.3 Å². The number of aromatic nitrogens is 1. The van der Waals surface area contributed by atoms with Crippen LogP contribution >= 0.6 is 11.3 Å². The second-order valence-corrected chi connectivity index (χ2v) is 4.42. The van der Waals surface area contributed by atoms with Crippen LogP contribution < -0.4 is 5.32 Å². The first-order valence-corrected chi connectivity index (χ1v) is 5.70. The van der Waals surface area contributed by atoms with E-state index in [9.17, 15) is 0 Å². The maximum atomic E-state index is 4.08. The molecular formula is C10H18N2S. The lowest BCUT2D eigenvalue weighted by molar-refractivity contribution is 0.388. The Morgan fingerprint density at radius 2 is 2.38 bits per heavy atom.